The Hall–Kier alpha value is -1.60. The molecule has 0 bridgehead atoms. The first kappa shape index (κ1) is 28.6. The molecule has 34 heavy (non-hydrogen) atoms. The number of halogens is 3. The van der Waals surface area contributed by atoms with E-state index in [1.54, 1.807) is 6.33 Å². The van der Waals surface area contributed by atoms with Gasteiger partial charge in [-0.2, -0.15) is 0 Å². The van der Waals surface area contributed by atoms with Gasteiger partial charge < -0.3 is 15.1 Å². The predicted molar refractivity (Wildman–Crippen MR) is 144 cm³/mol. The Kier molecular flexibility index (Phi) is 10.4. The molecule has 0 saturated carbocycles. The highest BCUT2D eigenvalue weighted by atomic mass is 35.5. The molecule has 9 heteroatoms. The van der Waals surface area contributed by atoms with E-state index >= 15 is 0 Å². The van der Waals surface area contributed by atoms with Crippen molar-refractivity contribution in [1.82, 2.24) is 20.2 Å². The van der Waals surface area contributed by atoms with Crippen LogP contribution in [0.1, 0.15) is 62.8 Å². The molecule has 2 aliphatic rings. The molecule has 1 aromatic heterocycles. The third kappa shape index (κ3) is 6.14. The molecule has 188 valence electrons. The number of carbonyl (C=O) groups is 1. The molecular weight excluding hydrogens is 493 g/mol. The van der Waals surface area contributed by atoms with E-state index < -0.39 is 0 Å². The van der Waals surface area contributed by atoms with E-state index in [2.05, 4.69) is 47.9 Å². The molecule has 4 rings (SSSR count). The molecule has 3 atom stereocenters. The van der Waals surface area contributed by atoms with Gasteiger partial charge in [0.15, 0.2) is 0 Å². The monoisotopic (exact) mass is 527 g/mol. The molecule has 1 aliphatic heterocycles. The van der Waals surface area contributed by atoms with Crippen LogP contribution in [0.5, 0.6) is 0 Å². The van der Waals surface area contributed by atoms with E-state index in [0.29, 0.717) is 36.6 Å². The number of piperazine rings is 1. The summed E-state index contributed by atoms with van der Waals surface area (Å²) in [7, 11) is 0. The van der Waals surface area contributed by atoms with Crippen LogP contribution in [0.2, 0.25) is 5.02 Å². The van der Waals surface area contributed by atoms with Crippen molar-refractivity contribution >= 4 is 48.1 Å². The van der Waals surface area contributed by atoms with Gasteiger partial charge in [0.25, 0.3) is 0 Å². The largest absolute Gasteiger partial charge is 0.350 e. The number of nitrogens with one attached hydrogen (secondary N) is 1. The Morgan fingerprint density at radius 3 is 2.50 bits per heavy atom. The Morgan fingerprint density at radius 2 is 1.85 bits per heavy atom. The third-order valence-corrected chi connectivity index (χ3v) is 7.02. The van der Waals surface area contributed by atoms with Crippen molar-refractivity contribution in [3.8, 4) is 0 Å². The molecule has 0 spiro atoms. The van der Waals surface area contributed by atoms with Crippen molar-refractivity contribution in [1.29, 1.82) is 0 Å². The maximum atomic E-state index is 13.6. The van der Waals surface area contributed by atoms with Crippen molar-refractivity contribution in [3.63, 3.8) is 0 Å². The fraction of sp³-hybridized carbons (Fsp3) is 0.560. The molecular formula is C25H36Cl3N5O. The summed E-state index contributed by atoms with van der Waals surface area (Å²) in [4.78, 5) is 27.2. The van der Waals surface area contributed by atoms with Gasteiger partial charge in [-0.25, -0.2) is 9.97 Å². The average Bonchev–Trinajstić information content (AvgIpc) is 3.16. The lowest BCUT2D eigenvalue weighted by molar-refractivity contribution is -0.133. The lowest BCUT2D eigenvalue weighted by atomic mass is 9.96. The minimum Gasteiger partial charge on any atom is -0.350 e. The molecule has 1 saturated heterocycles. The summed E-state index contributed by atoms with van der Waals surface area (Å²) in [5.41, 5.74) is 3.50. The highest BCUT2D eigenvalue weighted by molar-refractivity contribution is 6.30. The van der Waals surface area contributed by atoms with Crippen molar-refractivity contribution in [2.45, 2.75) is 64.5 Å². The van der Waals surface area contributed by atoms with Gasteiger partial charge in [-0.3, -0.25) is 4.79 Å². The van der Waals surface area contributed by atoms with Crippen molar-refractivity contribution in [2.24, 2.45) is 0 Å². The van der Waals surface area contributed by atoms with Crippen molar-refractivity contribution < 1.29 is 4.79 Å². The fourth-order valence-electron chi connectivity index (χ4n) is 4.94. The van der Waals surface area contributed by atoms with Crippen LogP contribution in [-0.2, 0) is 11.2 Å². The summed E-state index contributed by atoms with van der Waals surface area (Å²) in [6.07, 6.45) is 3.87. The number of nitrogens with zero attached hydrogens (tertiary/aromatic N) is 4. The van der Waals surface area contributed by atoms with Gasteiger partial charge in [0.1, 0.15) is 12.1 Å². The number of aryl methyl sites for hydroxylation is 1. The zero-order valence-corrected chi connectivity index (χ0v) is 22.7. The third-order valence-electron chi connectivity index (χ3n) is 6.76. The Morgan fingerprint density at radius 1 is 1.15 bits per heavy atom. The number of amides is 1. The first-order chi connectivity index (χ1) is 15.3. The highest BCUT2D eigenvalue weighted by Gasteiger charge is 2.35. The van der Waals surface area contributed by atoms with E-state index in [1.165, 1.54) is 11.3 Å². The lowest BCUT2D eigenvalue weighted by Crippen LogP contribution is -2.55. The van der Waals surface area contributed by atoms with E-state index in [9.17, 15) is 4.79 Å². The molecule has 1 aliphatic carbocycles. The molecule has 2 heterocycles. The van der Waals surface area contributed by atoms with Gasteiger partial charge in [0.05, 0.1) is 5.92 Å². The van der Waals surface area contributed by atoms with E-state index in [4.69, 9.17) is 11.6 Å². The standard InChI is InChI=1S/C25H34ClN5O.2ClH/c1-16(2)27-13-21(19-6-8-20(26)9-7-19)25(32)30-11-12-31(18(4)14-30)24-23-17(3)5-10-22(23)28-15-29-24;;/h6-9,15-18,21,27H,5,10-14H2,1-4H3;2*1H/t17-,18-,21?;;/m1../s1. The Labute approximate surface area is 220 Å². The van der Waals surface area contributed by atoms with E-state index in [1.807, 2.05) is 29.2 Å². The number of rotatable bonds is 6. The SMILES string of the molecule is CC(C)NCC(C(=O)N1CCN(c2ncnc3c2[C@H](C)CC3)[C@H](C)C1)c1ccc(Cl)cc1.Cl.Cl. The Bertz CT molecular complexity index is 956. The smallest absolute Gasteiger partial charge is 0.231 e. The number of carbonyl (C=O) groups excluding carboxylic acids is 1. The van der Waals surface area contributed by atoms with E-state index in [0.717, 1.165) is 30.8 Å². The van der Waals surface area contributed by atoms with Gasteiger partial charge in [-0.05, 0) is 43.4 Å². The molecule has 6 nitrogen and oxygen atoms in total. The van der Waals surface area contributed by atoms with Crippen LogP contribution in [0.4, 0.5) is 5.82 Å². The molecule has 1 N–H and O–H groups in total. The first-order valence-electron chi connectivity index (χ1n) is 11.7. The maximum absolute atomic E-state index is 13.6. The van der Waals surface area contributed by atoms with Crippen LogP contribution in [0.3, 0.4) is 0 Å². The van der Waals surface area contributed by atoms with Gasteiger partial charge in [-0.15, -0.1) is 24.8 Å². The van der Waals surface area contributed by atoms with Crippen molar-refractivity contribution in [3.05, 3.63) is 52.4 Å². The summed E-state index contributed by atoms with van der Waals surface area (Å²) in [6.45, 7) is 11.5. The predicted octanol–water partition coefficient (Wildman–Crippen LogP) is 4.84. The summed E-state index contributed by atoms with van der Waals surface area (Å²) in [5, 5.41) is 4.14. The number of hydrogen-bond acceptors (Lipinski definition) is 5. The van der Waals surface area contributed by atoms with Gasteiger partial charge in [-0.1, -0.05) is 44.5 Å². The second-order valence-electron chi connectivity index (χ2n) is 9.49. The minimum atomic E-state index is -0.225. The van der Waals surface area contributed by atoms with Crippen molar-refractivity contribution in [2.75, 3.05) is 31.1 Å². The van der Waals surface area contributed by atoms with Crippen LogP contribution in [0.15, 0.2) is 30.6 Å². The van der Waals surface area contributed by atoms with Crippen LogP contribution in [0, 0.1) is 0 Å². The van der Waals surface area contributed by atoms with Crippen LogP contribution < -0.4 is 10.2 Å². The van der Waals surface area contributed by atoms with Gasteiger partial charge in [0, 0.05) is 54.5 Å². The number of fused-ring (bicyclic) bond motifs is 1. The summed E-state index contributed by atoms with van der Waals surface area (Å²) in [6, 6.07) is 8.18. The summed E-state index contributed by atoms with van der Waals surface area (Å²) < 4.78 is 0. The number of anilines is 1. The second-order valence-corrected chi connectivity index (χ2v) is 9.93. The normalized spacial score (nSPS) is 20.4. The fourth-order valence-corrected chi connectivity index (χ4v) is 5.07. The molecule has 1 fully saturated rings. The minimum absolute atomic E-state index is 0. The highest BCUT2D eigenvalue weighted by Crippen LogP contribution is 2.38. The maximum Gasteiger partial charge on any atom is 0.231 e. The molecule has 2 aromatic rings. The van der Waals surface area contributed by atoms with Gasteiger partial charge >= 0.3 is 0 Å². The number of aromatic nitrogens is 2. The average molecular weight is 529 g/mol. The molecule has 0 radical (unpaired) electrons. The lowest BCUT2D eigenvalue weighted by Gasteiger charge is -2.42. The van der Waals surface area contributed by atoms with Crippen LogP contribution in [0.25, 0.3) is 0 Å². The second kappa shape index (κ2) is 12.4. The number of hydrogen-bond donors (Lipinski definition) is 1. The zero-order chi connectivity index (χ0) is 22.8. The van der Waals surface area contributed by atoms with Gasteiger partial charge in [0.2, 0.25) is 5.91 Å². The molecule has 1 amide bonds. The summed E-state index contributed by atoms with van der Waals surface area (Å²) in [5.74, 6) is 1.50. The first-order valence-corrected chi connectivity index (χ1v) is 12.1. The van der Waals surface area contributed by atoms with Crippen LogP contribution in [-0.4, -0.2) is 59.0 Å². The molecule has 1 aromatic carbocycles. The van der Waals surface area contributed by atoms with Crippen LogP contribution >= 0.6 is 36.4 Å². The Balaban J connectivity index is 0.00000204. The summed E-state index contributed by atoms with van der Waals surface area (Å²) >= 11 is 6.09. The molecule has 1 unspecified atom stereocenters. The number of benzene rings is 1. The quantitative estimate of drug-likeness (QED) is 0.581. The van der Waals surface area contributed by atoms with E-state index in [-0.39, 0.29) is 42.7 Å². The zero-order valence-electron chi connectivity index (χ0n) is 20.3. The topological polar surface area (TPSA) is 61.4 Å².